The van der Waals surface area contributed by atoms with E-state index in [1.54, 1.807) is 24.4 Å². The number of nitrogens with zero attached hydrogens (tertiary/aromatic N) is 3. The maximum absolute atomic E-state index is 7.95. The van der Waals surface area contributed by atoms with Crippen LogP contribution in [0, 0.1) is 10.8 Å². The van der Waals surface area contributed by atoms with Gasteiger partial charge in [-0.3, -0.25) is 10.8 Å². The van der Waals surface area contributed by atoms with E-state index in [2.05, 4.69) is 26.9 Å². The zero-order valence-electron chi connectivity index (χ0n) is 16.1. The zero-order chi connectivity index (χ0) is 20.4. The van der Waals surface area contributed by atoms with E-state index in [0.29, 0.717) is 17.3 Å². The zero-order valence-corrected chi connectivity index (χ0v) is 16.1. The predicted octanol–water partition coefficient (Wildman–Crippen LogP) is 2.33. The van der Waals surface area contributed by atoms with Crippen molar-refractivity contribution in [1.82, 2.24) is 19.9 Å². The third-order valence-corrected chi connectivity index (χ3v) is 4.90. The fraction of sp³-hybridized carbons (Fsp3) is 0.300. The molecule has 150 valence electrons. The van der Waals surface area contributed by atoms with Gasteiger partial charge in [0.1, 0.15) is 6.10 Å². The third-order valence-electron chi connectivity index (χ3n) is 4.90. The van der Waals surface area contributed by atoms with Gasteiger partial charge in [-0.25, -0.2) is 4.98 Å². The number of aromatic amines is 1. The molecular weight excluding hydrogens is 370 g/mol. The molecule has 4 rings (SSSR count). The maximum atomic E-state index is 7.95. The first-order valence-electron chi connectivity index (χ1n) is 9.40. The number of hydrogen-bond donors (Lipinski definition) is 4. The number of aromatic nitrogens is 3. The number of nitrogens with one attached hydrogen (secondary N) is 3. The molecule has 2 aromatic heterocycles. The Labute approximate surface area is 167 Å². The molecule has 0 radical (unpaired) electrons. The van der Waals surface area contributed by atoms with Crippen LogP contribution in [0.5, 0.6) is 5.88 Å². The summed E-state index contributed by atoms with van der Waals surface area (Å²) < 4.78 is 11.0. The van der Waals surface area contributed by atoms with E-state index in [1.807, 2.05) is 12.3 Å². The van der Waals surface area contributed by atoms with Crippen molar-refractivity contribution in [2.45, 2.75) is 18.9 Å². The molecule has 1 atom stereocenters. The molecule has 1 unspecified atom stereocenters. The lowest BCUT2D eigenvalue weighted by Crippen LogP contribution is -2.38. The highest BCUT2D eigenvalue weighted by atomic mass is 16.5. The van der Waals surface area contributed by atoms with Crippen molar-refractivity contribution in [3.63, 3.8) is 0 Å². The van der Waals surface area contributed by atoms with Crippen molar-refractivity contribution in [1.29, 1.82) is 10.8 Å². The lowest BCUT2D eigenvalue weighted by Gasteiger charge is -2.29. The highest BCUT2D eigenvalue weighted by Gasteiger charge is 2.20. The quantitative estimate of drug-likeness (QED) is 0.397. The average molecular weight is 393 g/mol. The van der Waals surface area contributed by atoms with E-state index in [9.17, 15) is 0 Å². The summed E-state index contributed by atoms with van der Waals surface area (Å²) >= 11 is 0. The molecule has 1 aliphatic rings. The van der Waals surface area contributed by atoms with Crippen LogP contribution in [0.15, 0.2) is 36.7 Å². The van der Waals surface area contributed by atoms with Crippen molar-refractivity contribution in [3.8, 4) is 17.3 Å². The summed E-state index contributed by atoms with van der Waals surface area (Å²) in [6.45, 7) is 1.98. The number of ether oxygens (including phenoxy) is 2. The Morgan fingerprint density at radius 1 is 1.31 bits per heavy atom. The van der Waals surface area contributed by atoms with E-state index < -0.39 is 6.02 Å². The largest absolute Gasteiger partial charge is 0.473 e. The van der Waals surface area contributed by atoms with Crippen LogP contribution in [0.1, 0.15) is 18.4 Å². The number of rotatable bonds is 4. The minimum absolute atomic E-state index is 0.121. The van der Waals surface area contributed by atoms with Crippen LogP contribution in [-0.2, 0) is 4.74 Å². The van der Waals surface area contributed by atoms with Gasteiger partial charge < -0.3 is 25.1 Å². The fourth-order valence-corrected chi connectivity index (χ4v) is 3.54. The number of hydrogen-bond acceptors (Lipinski definition) is 7. The Kier molecular flexibility index (Phi) is 5.13. The molecule has 1 fully saturated rings. The molecule has 9 nitrogen and oxygen atoms in total. The predicted molar refractivity (Wildman–Crippen MR) is 110 cm³/mol. The first kappa shape index (κ1) is 18.9. The summed E-state index contributed by atoms with van der Waals surface area (Å²) in [5, 5.41) is 16.0. The molecule has 1 aliphatic heterocycles. The number of piperidine rings is 1. The van der Waals surface area contributed by atoms with Gasteiger partial charge in [0, 0.05) is 47.0 Å². The molecule has 0 bridgehead atoms. The Morgan fingerprint density at radius 3 is 2.97 bits per heavy atom. The number of fused-ring (bicyclic) bond motifs is 1. The summed E-state index contributed by atoms with van der Waals surface area (Å²) in [7, 11) is 2.10. The van der Waals surface area contributed by atoms with Crippen LogP contribution < -0.4 is 10.5 Å². The van der Waals surface area contributed by atoms with Crippen LogP contribution in [0.2, 0.25) is 0 Å². The minimum Gasteiger partial charge on any atom is -0.473 e. The number of likely N-dealkylation sites (N-methyl/N-ethyl adjacent to an activating group) is 1. The van der Waals surface area contributed by atoms with E-state index in [1.165, 1.54) is 0 Å². The van der Waals surface area contributed by atoms with Crippen molar-refractivity contribution in [2.24, 2.45) is 5.73 Å². The van der Waals surface area contributed by atoms with Gasteiger partial charge in [-0.15, -0.1) is 0 Å². The van der Waals surface area contributed by atoms with Crippen LogP contribution in [0.4, 0.5) is 0 Å². The monoisotopic (exact) mass is 393 g/mol. The fourth-order valence-electron chi connectivity index (χ4n) is 3.54. The Hall–Kier alpha value is -3.46. The highest BCUT2D eigenvalue weighted by molar-refractivity contribution is 6.03. The molecule has 0 aliphatic carbocycles. The van der Waals surface area contributed by atoms with Crippen molar-refractivity contribution >= 4 is 22.8 Å². The van der Waals surface area contributed by atoms with Crippen LogP contribution >= 0.6 is 0 Å². The second-order valence-corrected chi connectivity index (χ2v) is 7.12. The molecule has 3 heterocycles. The van der Waals surface area contributed by atoms with Gasteiger partial charge in [-0.1, -0.05) is 0 Å². The van der Waals surface area contributed by atoms with E-state index in [4.69, 9.17) is 26.0 Å². The second-order valence-electron chi connectivity index (χ2n) is 7.12. The lowest BCUT2D eigenvalue weighted by molar-refractivity contribution is 0.1000. The van der Waals surface area contributed by atoms with Gasteiger partial charge in [0.25, 0.3) is 6.02 Å². The SMILES string of the molecule is CN1CCCC(Oc2ccnc(-c3c[nH]c4ccc(C(=N)OC(=N)N)cc34)n2)C1. The van der Waals surface area contributed by atoms with E-state index in [-0.39, 0.29) is 12.0 Å². The Morgan fingerprint density at radius 2 is 2.17 bits per heavy atom. The molecule has 1 saturated heterocycles. The topological polar surface area (TPSA) is 137 Å². The third kappa shape index (κ3) is 4.19. The first-order valence-corrected chi connectivity index (χ1v) is 9.40. The van der Waals surface area contributed by atoms with Crippen LogP contribution in [0.25, 0.3) is 22.3 Å². The second kappa shape index (κ2) is 7.88. The van der Waals surface area contributed by atoms with Crippen LogP contribution in [0.3, 0.4) is 0 Å². The van der Waals surface area contributed by atoms with Gasteiger partial charge in [0.15, 0.2) is 5.82 Å². The van der Waals surface area contributed by atoms with Crippen LogP contribution in [-0.4, -0.2) is 58.0 Å². The Balaban J connectivity index is 1.62. The summed E-state index contributed by atoms with van der Waals surface area (Å²) in [5.41, 5.74) is 7.40. The van der Waals surface area contributed by atoms with Gasteiger partial charge in [0.2, 0.25) is 11.8 Å². The van der Waals surface area contributed by atoms with Crippen molar-refractivity contribution in [2.75, 3.05) is 20.1 Å². The average Bonchev–Trinajstić information content (AvgIpc) is 3.11. The molecule has 1 aromatic carbocycles. The minimum atomic E-state index is -0.522. The van der Waals surface area contributed by atoms with E-state index >= 15 is 0 Å². The van der Waals surface area contributed by atoms with Gasteiger partial charge in [0.05, 0.1) is 0 Å². The van der Waals surface area contributed by atoms with Crippen molar-refractivity contribution < 1.29 is 9.47 Å². The number of benzene rings is 1. The highest BCUT2D eigenvalue weighted by Crippen LogP contribution is 2.28. The number of likely N-dealkylation sites (tertiary alicyclic amines) is 1. The van der Waals surface area contributed by atoms with Gasteiger partial charge in [-0.05, 0) is 44.6 Å². The molecule has 0 spiro atoms. The lowest BCUT2D eigenvalue weighted by atomic mass is 10.1. The van der Waals surface area contributed by atoms with Gasteiger partial charge in [-0.2, -0.15) is 4.98 Å². The summed E-state index contributed by atoms with van der Waals surface area (Å²) in [4.78, 5) is 14.5. The molecular formula is C20H23N7O2. The summed E-state index contributed by atoms with van der Waals surface area (Å²) in [6.07, 6.45) is 5.76. The van der Waals surface area contributed by atoms with Crippen molar-refractivity contribution in [3.05, 3.63) is 42.2 Å². The Bertz CT molecular complexity index is 1060. The smallest absolute Gasteiger partial charge is 0.285 e. The first-order chi connectivity index (χ1) is 14.0. The standard InChI is InChI=1S/C20H23N7O2/c1-27-8-2-3-13(11-27)28-17-6-7-24-19(26-17)15-10-25-16-5-4-12(9-14(15)16)18(21)29-20(22)23/h4-7,9-10,13,21,25H,2-3,8,11H2,1H3,(H3,22,23). The number of H-pyrrole nitrogens is 1. The molecule has 3 aromatic rings. The molecule has 9 heteroatoms. The normalized spacial score (nSPS) is 17.2. The maximum Gasteiger partial charge on any atom is 0.285 e. The molecule has 29 heavy (non-hydrogen) atoms. The number of nitrogens with two attached hydrogens (primary N) is 1. The molecule has 0 amide bonds. The molecule has 5 N–H and O–H groups in total. The number of amidine groups is 1. The summed E-state index contributed by atoms with van der Waals surface area (Å²) in [6, 6.07) is 6.61. The van der Waals surface area contributed by atoms with E-state index in [0.717, 1.165) is 42.4 Å². The summed E-state index contributed by atoms with van der Waals surface area (Å²) in [5.74, 6) is 0.897. The molecule has 0 saturated carbocycles. The van der Waals surface area contributed by atoms with Gasteiger partial charge >= 0.3 is 0 Å².